The Labute approximate surface area is 126 Å². The van der Waals surface area contributed by atoms with Gasteiger partial charge < -0.3 is 0 Å². The second kappa shape index (κ2) is 4.97. The van der Waals surface area contributed by atoms with Crippen LogP contribution in [0.3, 0.4) is 0 Å². The van der Waals surface area contributed by atoms with Crippen LogP contribution in [-0.2, 0) is 16.6 Å². The lowest BCUT2D eigenvalue weighted by molar-refractivity contribution is 0.342. The van der Waals surface area contributed by atoms with Crippen LogP contribution in [0.15, 0.2) is 42.5 Å². The smallest absolute Gasteiger partial charge is 0.212 e. The minimum Gasteiger partial charge on any atom is -0.212 e. The van der Waals surface area contributed by atoms with E-state index in [1.807, 2.05) is 44.2 Å². The van der Waals surface area contributed by atoms with E-state index >= 15 is 0 Å². The second-order valence-electron chi connectivity index (χ2n) is 5.68. The Balaban J connectivity index is 2.35. The van der Waals surface area contributed by atoms with Crippen molar-refractivity contribution in [3.8, 4) is 11.1 Å². The molecule has 1 aliphatic heterocycles. The zero-order chi connectivity index (χ0) is 15.2. The zero-order valence-corrected chi connectivity index (χ0v) is 13.3. The Morgan fingerprint density at radius 3 is 2.43 bits per heavy atom. The van der Waals surface area contributed by atoms with Crippen LogP contribution in [0.25, 0.3) is 11.1 Å². The largest absolute Gasteiger partial charge is 0.212 e. The number of nitrogens with zero attached hydrogens (tertiary/aromatic N) is 1. The Kier molecular flexibility index (Phi) is 3.38. The maximum atomic E-state index is 12.2. The predicted octanol–water partition coefficient (Wildman–Crippen LogP) is 3.50. The number of benzene rings is 2. The molecule has 110 valence electrons. The number of aryl methyl sites for hydroxylation is 1. The van der Waals surface area contributed by atoms with Crippen molar-refractivity contribution < 1.29 is 8.42 Å². The molecule has 0 saturated heterocycles. The minimum atomic E-state index is -3.27. The number of hydrogen-bond acceptors (Lipinski definition) is 2. The van der Waals surface area contributed by atoms with Gasteiger partial charge in [-0.05, 0) is 41.7 Å². The maximum Gasteiger partial charge on any atom is 0.212 e. The molecule has 0 bridgehead atoms. The highest BCUT2D eigenvalue weighted by molar-refractivity contribution is 7.88. The third-order valence-corrected chi connectivity index (χ3v) is 5.53. The fourth-order valence-electron chi connectivity index (χ4n) is 3.24. The van der Waals surface area contributed by atoms with Gasteiger partial charge in [0.25, 0.3) is 0 Å². The summed E-state index contributed by atoms with van der Waals surface area (Å²) in [4.78, 5) is 0. The second-order valence-corrected chi connectivity index (χ2v) is 7.61. The van der Waals surface area contributed by atoms with Crippen LogP contribution in [-0.4, -0.2) is 19.0 Å². The summed E-state index contributed by atoms with van der Waals surface area (Å²) in [5.74, 6) is 0. The highest BCUT2D eigenvalue weighted by Gasteiger charge is 2.31. The van der Waals surface area contributed by atoms with Gasteiger partial charge in [-0.15, -0.1) is 0 Å². The molecule has 1 heterocycles. The summed E-state index contributed by atoms with van der Waals surface area (Å²) in [7, 11) is -3.27. The molecule has 0 spiro atoms. The van der Waals surface area contributed by atoms with Crippen molar-refractivity contribution in [2.75, 3.05) is 6.26 Å². The summed E-state index contributed by atoms with van der Waals surface area (Å²) < 4.78 is 26.0. The lowest BCUT2D eigenvalue weighted by Crippen LogP contribution is -2.31. The molecule has 0 aliphatic carbocycles. The third-order valence-electron chi connectivity index (χ3n) is 4.23. The van der Waals surface area contributed by atoms with Gasteiger partial charge in [0.1, 0.15) is 0 Å². The minimum absolute atomic E-state index is 0.163. The Hall–Kier alpha value is -1.65. The van der Waals surface area contributed by atoms with Crippen LogP contribution in [0, 0.1) is 6.92 Å². The van der Waals surface area contributed by atoms with E-state index in [0.29, 0.717) is 6.54 Å². The van der Waals surface area contributed by atoms with Crippen LogP contribution in [0.4, 0.5) is 0 Å². The summed E-state index contributed by atoms with van der Waals surface area (Å²) in [6.45, 7) is 4.44. The Morgan fingerprint density at radius 1 is 1.05 bits per heavy atom. The first-order valence-corrected chi connectivity index (χ1v) is 8.89. The number of rotatable bonds is 1. The van der Waals surface area contributed by atoms with Crippen LogP contribution in [0.5, 0.6) is 0 Å². The van der Waals surface area contributed by atoms with E-state index in [9.17, 15) is 8.42 Å². The SMILES string of the molecule is Cc1cccc2c1C(C)N(S(C)(=O)=O)Cc1ccccc1-2. The molecule has 3 rings (SSSR count). The van der Waals surface area contributed by atoms with Crippen molar-refractivity contribution in [3.63, 3.8) is 0 Å². The van der Waals surface area contributed by atoms with E-state index in [4.69, 9.17) is 0 Å². The van der Waals surface area contributed by atoms with Crippen molar-refractivity contribution >= 4 is 10.0 Å². The molecule has 0 radical (unpaired) electrons. The Morgan fingerprint density at radius 2 is 1.71 bits per heavy atom. The summed E-state index contributed by atoms with van der Waals surface area (Å²) >= 11 is 0. The standard InChI is InChI=1S/C17H19NO2S/c1-12-7-6-10-16-15-9-5-4-8-14(15)11-18(21(3,19)20)13(2)17(12)16/h4-10,13H,11H2,1-3H3. The first-order valence-electron chi connectivity index (χ1n) is 7.04. The van der Waals surface area contributed by atoms with Gasteiger partial charge in [0.2, 0.25) is 10.0 Å². The van der Waals surface area contributed by atoms with E-state index in [-0.39, 0.29) is 6.04 Å². The molecule has 21 heavy (non-hydrogen) atoms. The lowest BCUT2D eigenvalue weighted by Gasteiger charge is -2.27. The molecule has 0 saturated carbocycles. The quantitative estimate of drug-likeness (QED) is 0.808. The van der Waals surface area contributed by atoms with E-state index in [0.717, 1.165) is 27.8 Å². The van der Waals surface area contributed by atoms with Gasteiger partial charge in [-0.3, -0.25) is 0 Å². The number of hydrogen-bond donors (Lipinski definition) is 0. The lowest BCUT2D eigenvalue weighted by atomic mass is 9.91. The van der Waals surface area contributed by atoms with Gasteiger partial charge in [-0.1, -0.05) is 42.5 Å². The molecule has 3 nitrogen and oxygen atoms in total. The summed E-state index contributed by atoms with van der Waals surface area (Å²) in [6.07, 6.45) is 1.29. The van der Waals surface area contributed by atoms with Crippen molar-refractivity contribution in [2.45, 2.75) is 26.4 Å². The highest BCUT2D eigenvalue weighted by atomic mass is 32.2. The van der Waals surface area contributed by atoms with Gasteiger partial charge in [0.05, 0.1) is 6.26 Å². The first kappa shape index (κ1) is 14.3. The van der Waals surface area contributed by atoms with Crippen molar-refractivity contribution in [3.05, 3.63) is 59.2 Å². The van der Waals surface area contributed by atoms with Crippen LogP contribution in [0.2, 0.25) is 0 Å². The van der Waals surface area contributed by atoms with E-state index in [1.54, 1.807) is 4.31 Å². The zero-order valence-electron chi connectivity index (χ0n) is 12.5. The van der Waals surface area contributed by atoms with Crippen LogP contribution in [0.1, 0.15) is 29.7 Å². The maximum absolute atomic E-state index is 12.2. The van der Waals surface area contributed by atoms with Crippen LogP contribution >= 0.6 is 0 Å². The van der Waals surface area contributed by atoms with E-state index in [1.165, 1.54) is 6.26 Å². The van der Waals surface area contributed by atoms with Gasteiger partial charge in [0, 0.05) is 12.6 Å². The number of fused-ring (bicyclic) bond motifs is 3. The molecular weight excluding hydrogens is 282 g/mol. The first-order chi connectivity index (χ1) is 9.89. The average molecular weight is 301 g/mol. The van der Waals surface area contributed by atoms with Crippen LogP contribution < -0.4 is 0 Å². The van der Waals surface area contributed by atoms with Crippen molar-refractivity contribution in [1.82, 2.24) is 4.31 Å². The van der Waals surface area contributed by atoms with E-state index in [2.05, 4.69) is 12.1 Å². The molecule has 0 amide bonds. The third kappa shape index (κ3) is 2.39. The number of sulfonamides is 1. The van der Waals surface area contributed by atoms with Crippen molar-refractivity contribution in [2.24, 2.45) is 0 Å². The molecule has 0 aromatic heterocycles. The van der Waals surface area contributed by atoms with Gasteiger partial charge in [0.15, 0.2) is 0 Å². The summed E-state index contributed by atoms with van der Waals surface area (Å²) in [5.41, 5.74) is 5.57. The molecule has 2 aromatic rings. The molecule has 0 fully saturated rings. The fourth-order valence-corrected chi connectivity index (χ4v) is 4.30. The van der Waals surface area contributed by atoms with Gasteiger partial charge >= 0.3 is 0 Å². The van der Waals surface area contributed by atoms with Crippen molar-refractivity contribution in [1.29, 1.82) is 0 Å². The monoisotopic (exact) mass is 301 g/mol. The normalized spacial score (nSPS) is 18.7. The molecule has 1 unspecified atom stereocenters. The topological polar surface area (TPSA) is 37.4 Å². The fraction of sp³-hybridized carbons (Fsp3) is 0.294. The molecule has 4 heteroatoms. The Bertz CT molecular complexity index is 796. The molecule has 1 atom stereocenters. The molecule has 1 aliphatic rings. The van der Waals surface area contributed by atoms with Gasteiger partial charge in [-0.2, -0.15) is 4.31 Å². The molecular formula is C17H19NO2S. The molecule has 2 aromatic carbocycles. The van der Waals surface area contributed by atoms with Gasteiger partial charge in [-0.25, -0.2) is 8.42 Å². The predicted molar refractivity (Wildman–Crippen MR) is 85.4 cm³/mol. The van der Waals surface area contributed by atoms with E-state index < -0.39 is 10.0 Å². The summed E-state index contributed by atoms with van der Waals surface area (Å²) in [6, 6.07) is 14.1. The molecule has 0 N–H and O–H groups in total. The average Bonchev–Trinajstić information content (AvgIpc) is 2.55. The highest BCUT2D eigenvalue weighted by Crippen LogP contribution is 2.40. The summed E-state index contributed by atoms with van der Waals surface area (Å²) in [5, 5.41) is 0.